The number of ether oxygens (including phenoxy) is 1. The number of anilines is 1. The van der Waals surface area contributed by atoms with Crippen LogP contribution in [0.25, 0.3) is 0 Å². The number of benzene rings is 1. The van der Waals surface area contributed by atoms with Crippen LogP contribution < -0.4 is 16.4 Å². The first-order valence-corrected chi connectivity index (χ1v) is 11.0. The Morgan fingerprint density at radius 3 is 3.19 bits per heavy atom. The Morgan fingerprint density at radius 1 is 1.33 bits per heavy atom. The summed E-state index contributed by atoms with van der Waals surface area (Å²) in [6, 6.07) is 10.2. The standard InChI is InChI=1S/C19H25N5OS2/c20-18(16-3-1-12-26-16)22-14-4-5-15-17(13-14)27-19(23-15)21-6-8-24-7-2-10-25-11-9-24/h1,3-5,12-13,19,21,23H,2,6-11H2,(H2,20,22). The van der Waals surface area contributed by atoms with Crippen LogP contribution >= 0.6 is 23.1 Å². The van der Waals surface area contributed by atoms with Crippen molar-refractivity contribution in [2.75, 3.05) is 44.7 Å². The summed E-state index contributed by atoms with van der Waals surface area (Å²) in [7, 11) is 0. The fourth-order valence-corrected chi connectivity index (χ4v) is 4.89. The molecule has 1 atom stereocenters. The van der Waals surface area contributed by atoms with Crippen LogP contribution in [0.1, 0.15) is 11.3 Å². The zero-order valence-corrected chi connectivity index (χ0v) is 16.8. The number of rotatable bonds is 6. The Balaban J connectivity index is 1.30. The largest absolute Gasteiger partial charge is 0.383 e. The molecule has 0 amide bonds. The van der Waals surface area contributed by atoms with E-state index in [0.29, 0.717) is 5.84 Å². The summed E-state index contributed by atoms with van der Waals surface area (Å²) in [5, 5.41) is 9.12. The molecule has 2 aliphatic rings. The summed E-state index contributed by atoms with van der Waals surface area (Å²) < 4.78 is 5.51. The number of aliphatic imine (C=N–C) groups is 1. The summed E-state index contributed by atoms with van der Waals surface area (Å²) in [5.41, 5.74) is 8.33. The van der Waals surface area contributed by atoms with Gasteiger partial charge in [0.25, 0.3) is 0 Å². The maximum Gasteiger partial charge on any atom is 0.141 e. The van der Waals surface area contributed by atoms with E-state index in [0.717, 1.165) is 62.1 Å². The van der Waals surface area contributed by atoms with Crippen LogP contribution in [0.15, 0.2) is 45.6 Å². The van der Waals surface area contributed by atoms with E-state index < -0.39 is 0 Å². The second-order valence-corrected chi connectivity index (χ2v) is 8.65. The molecule has 1 aromatic carbocycles. The molecule has 8 heteroatoms. The molecule has 4 N–H and O–H groups in total. The van der Waals surface area contributed by atoms with Gasteiger partial charge in [0.15, 0.2) is 0 Å². The predicted octanol–water partition coefficient (Wildman–Crippen LogP) is 2.90. The SMILES string of the molecule is NC(=Nc1ccc2c(c1)SC(NCCN1CCCOCC1)N2)c1cccs1. The monoisotopic (exact) mass is 403 g/mol. The van der Waals surface area contributed by atoms with Gasteiger partial charge in [-0.3, -0.25) is 10.2 Å². The molecule has 0 bridgehead atoms. The Hall–Kier alpha value is -1.58. The Labute approximate surface area is 168 Å². The van der Waals surface area contributed by atoms with Crippen LogP contribution in [0, 0.1) is 0 Å². The highest BCUT2D eigenvalue weighted by atomic mass is 32.2. The number of nitrogens with one attached hydrogen (secondary N) is 2. The molecule has 1 saturated heterocycles. The fourth-order valence-electron chi connectivity index (χ4n) is 3.18. The van der Waals surface area contributed by atoms with Crippen LogP contribution in [0.5, 0.6) is 0 Å². The van der Waals surface area contributed by atoms with E-state index in [-0.39, 0.29) is 5.50 Å². The van der Waals surface area contributed by atoms with Gasteiger partial charge >= 0.3 is 0 Å². The number of nitrogens with zero attached hydrogens (tertiary/aromatic N) is 2. The number of nitrogens with two attached hydrogens (primary N) is 1. The fraction of sp³-hybridized carbons (Fsp3) is 0.421. The van der Waals surface area contributed by atoms with Gasteiger partial charge in [-0.05, 0) is 36.1 Å². The first-order chi connectivity index (χ1) is 13.3. The Bertz CT molecular complexity index is 772. The van der Waals surface area contributed by atoms with Crippen molar-refractivity contribution in [3.63, 3.8) is 0 Å². The minimum atomic E-state index is 0.192. The highest BCUT2D eigenvalue weighted by Gasteiger charge is 2.21. The average molecular weight is 404 g/mol. The number of fused-ring (bicyclic) bond motifs is 1. The molecule has 2 aromatic rings. The molecule has 0 saturated carbocycles. The smallest absolute Gasteiger partial charge is 0.141 e. The molecule has 144 valence electrons. The molecule has 2 aliphatic heterocycles. The van der Waals surface area contributed by atoms with Crippen LogP contribution in [-0.2, 0) is 4.74 Å². The van der Waals surface area contributed by atoms with Crippen molar-refractivity contribution in [2.24, 2.45) is 10.7 Å². The van der Waals surface area contributed by atoms with Crippen molar-refractivity contribution in [1.82, 2.24) is 10.2 Å². The van der Waals surface area contributed by atoms with Crippen LogP contribution in [0.2, 0.25) is 0 Å². The zero-order chi connectivity index (χ0) is 18.5. The van der Waals surface area contributed by atoms with Crippen molar-refractivity contribution in [3.8, 4) is 0 Å². The number of hydrogen-bond donors (Lipinski definition) is 3. The van der Waals surface area contributed by atoms with Gasteiger partial charge in [-0.1, -0.05) is 17.8 Å². The van der Waals surface area contributed by atoms with E-state index >= 15 is 0 Å². The lowest BCUT2D eigenvalue weighted by Gasteiger charge is -2.20. The normalized spacial score (nSPS) is 20.9. The molecular weight excluding hydrogens is 378 g/mol. The van der Waals surface area contributed by atoms with Gasteiger partial charge in [-0.25, -0.2) is 4.99 Å². The molecule has 1 unspecified atom stereocenters. The lowest BCUT2D eigenvalue weighted by atomic mass is 10.3. The Kier molecular flexibility index (Phi) is 6.31. The first-order valence-electron chi connectivity index (χ1n) is 9.27. The molecule has 0 aliphatic carbocycles. The molecule has 27 heavy (non-hydrogen) atoms. The maximum absolute atomic E-state index is 6.10. The van der Waals surface area contributed by atoms with Crippen LogP contribution in [0.4, 0.5) is 11.4 Å². The van der Waals surface area contributed by atoms with Crippen molar-refractivity contribution in [3.05, 3.63) is 40.6 Å². The summed E-state index contributed by atoms with van der Waals surface area (Å²) in [5.74, 6) is 0.567. The van der Waals surface area contributed by atoms with Crippen molar-refractivity contribution in [2.45, 2.75) is 16.8 Å². The minimum absolute atomic E-state index is 0.192. The van der Waals surface area contributed by atoms with Gasteiger partial charge in [-0.2, -0.15) is 0 Å². The van der Waals surface area contributed by atoms with E-state index in [4.69, 9.17) is 10.5 Å². The highest BCUT2D eigenvalue weighted by molar-refractivity contribution is 8.00. The molecule has 4 rings (SSSR count). The molecule has 3 heterocycles. The average Bonchev–Trinajstić information content (AvgIpc) is 3.26. The summed E-state index contributed by atoms with van der Waals surface area (Å²) >= 11 is 3.40. The topological polar surface area (TPSA) is 74.9 Å². The van der Waals surface area contributed by atoms with Gasteiger partial charge in [0.05, 0.1) is 17.2 Å². The second kappa shape index (κ2) is 9.07. The molecule has 0 radical (unpaired) electrons. The number of thiophene rings is 1. The number of hydrogen-bond acceptors (Lipinski definition) is 7. The molecule has 1 aromatic heterocycles. The third-order valence-electron chi connectivity index (χ3n) is 4.59. The van der Waals surface area contributed by atoms with Gasteiger partial charge in [-0.15, -0.1) is 11.3 Å². The number of amidine groups is 1. The van der Waals surface area contributed by atoms with E-state index in [1.165, 1.54) is 4.90 Å². The predicted molar refractivity (Wildman–Crippen MR) is 114 cm³/mol. The quantitative estimate of drug-likeness (QED) is 0.509. The third-order valence-corrected chi connectivity index (χ3v) is 6.60. The van der Waals surface area contributed by atoms with Crippen molar-refractivity contribution >= 4 is 40.3 Å². The van der Waals surface area contributed by atoms with Gasteiger partial charge in [0.2, 0.25) is 0 Å². The van der Waals surface area contributed by atoms with E-state index in [2.05, 4.69) is 32.7 Å². The van der Waals surface area contributed by atoms with Gasteiger partial charge in [0, 0.05) is 43.4 Å². The maximum atomic E-state index is 6.10. The second-order valence-electron chi connectivity index (χ2n) is 6.56. The van der Waals surface area contributed by atoms with Crippen molar-refractivity contribution < 1.29 is 4.74 Å². The molecule has 6 nitrogen and oxygen atoms in total. The van der Waals surface area contributed by atoms with E-state index in [9.17, 15) is 0 Å². The van der Waals surface area contributed by atoms with E-state index in [1.807, 2.05) is 23.6 Å². The lowest BCUT2D eigenvalue weighted by molar-refractivity contribution is 0.141. The van der Waals surface area contributed by atoms with Crippen LogP contribution in [-0.4, -0.2) is 55.6 Å². The van der Waals surface area contributed by atoms with Gasteiger partial charge in [0.1, 0.15) is 11.3 Å². The van der Waals surface area contributed by atoms with Crippen molar-refractivity contribution in [1.29, 1.82) is 0 Å². The van der Waals surface area contributed by atoms with E-state index in [1.54, 1.807) is 23.1 Å². The summed E-state index contributed by atoms with van der Waals surface area (Å²) in [4.78, 5) is 9.23. The summed E-state index contributed by atoms with van der Waals surface area (Å²) in [6.07, 6.45) is 1.12. The molecular formula is C19H25N5OS2. The zero-order valence-electron chi connectivity index (χ0n) is 15.2. The first kappa shape index (κ1) is 18.8. The highest BCUT2D eigenvalue weighted by Crippen LogP contribution is 2.39. The Morgan fingerprint density at radius 2 is 2.30 bits per heavy atom. The number of thioether (sulfide) groups is 1. The lowest BCUT2D eigenvalue weighted by Crippen LogP contribution is -2.38. The molecule has 0 spiro atoms. The minimum Gasteiger partial charge on any atom is -0.383 e. The van der Waals surface area contributed by atoms with Crippen LogP contribution in [0.3, 0.4) is 0 Å². The molecule has 1 fully saturated rings. The third kappa shape index (κ3) is 5.03. The van der Waals surface area contributed by atoms with Gasteiger partial charge < -0.3 is 15.8 Å². The summed E-state index contributed by atoms with van der Waals surface area (Å²) in [6.45, 7) is 5.89.